The highest BCUT2D eigenvalue weighted by Crippen LogP contribution is 2.10. The second-order valence-electron chi connectivity index (χ2n) is 2.34. The molecule has 0 heterocycles. The number of carbonyl (C=O) groups is 2. The molecular formula is C6H10O5. The van der Waals surface area contributed by atoms with E-state index >= 15 is 0 Å². The summed E-state index contributed by atoms with van der Waals surface area (Å²) in [5.74, 6) is -2.19. The Balaban J connectivity index is 4.21. The Hall–Kier alpha value is -1.10. The summed E-state index contributed by atoms with van der Waals surface area (Å²) in [6.45, 7) is 1.09. The van der Waals surface area contributed by atoms with Gasteiger partial charge in [-0.1, -0.05) is 0 Å². The third-order valence-corrected chi connectivity index (χ3v) is 1.12. The van der Waals surface area contributed by atoms with Crippen molar-refractivity contribution < 1.29 is 24.5 Å². The largest absolute Gasteiger partial charge is 0.481 e. The molecule has 0 bridgehead atoms. The smallest absolute Gasteiger partial charge is 0.338 e. The average molecular weight is 162 g/mol. The fourth-order valence-electron chi connectivity index (χ4n) is 0.587. The number of carbonyl (C=O) groups excluding carboxylic acids is 1. The summed E-state index contributed by atoms with van der Waals surface area (Å²) < 4.78 is 4.16. The number of carboxylic acids is 1. The molecule has 0 fully saturated rings. The molecule has 0 saturated carbocycles. The van der Waals surface area contributed by atoms with Gasteiger partial charge in [0.1, 0.15) is 0 Å². The third kappa shape index (κ3) is 2.99. The molecule has 1 unspecified atom stereocenters. The minimum atomic E-state index is -1.93. The van der Waals surface area contributed by atoms with Crippen molar-refractivity contribution in [1.82, 2.24) is 0 Å². The van der Waals surface area contributed by atoms with Crippen LogP contribution >= 0.6 is 0 Å². The molecule has 0 aliphatic rings. The van der Waals surface area contributed by atoms with Crippen molar-refractivity contribution in [3.05, 3.63) is 0 Å². The van der Waals surface area contributed by atoms with Crippen molar-refractivity contribution in [3.8, 4) is 0 Å². The Morgan fingerprint density at radius 3 is 2.27 bits per heavy atom. The standard InChI is InChI=1S/C6H10O5/c1-6(10,3-4(7)8)5(9)11-2/h10H,3H2,1-2H3,(H,7,8). The van der Waals surface area contributed by atoms with Gasteiger partial charge in [-0.2, -0.15) is 0 Å². The number of rotatable bonds is 3. The number of methoxy groups -OCH3 is 1. The lowest BCUT2D eigenvalue weighted by Crippen LogP contribution is -2.38. The monoisotopic (exact) mass is 162 g/mol. The fourth-order valence-corrected chi connectivity index (χ4v) is 0.587. The van der Waals surface area contributed by atoms with Crippen molar-refractivity contribution >= 4 is 11.9 Å². The van der Waals surface area contributed by atoms with Crippen LogP contribution in [0.1, 0.15) is 13.3 Å². The van der Waals surface area contributed by atoms with Gasteiger partial charge in [0.15, 0.2) is 5.60 Å². The predicted octanol–water partition coefficient (Wildman–Crippen LogP) is -0.615. The number of carboxylic acid groups (broad SMARTS) is 1. The SMILES string of the molecule is COC(=O)C(C)(O)CC(=O)O. The van der Waals surface area contributed by atoms with Gasteiger partial charge in [0.2, 0.25) is 0 Å². The first-order valence-corrected chi connectivity index (χ1v) is 2.92. The lowest BCUT2D eigenvalue weighted by Gasteiger charge is -2.16. The van der Waals surface area contributed by atoms with E-state index < -0.39 is 24.0 Å². The van der Waals surface area contributed by atoms with E-state index in [4.69, 9.17) is 10.2 Å². The summed E-state index contributed by atoms with van der Waals surface area (Å²) in [6, 6.07) is 0. The molecule has 1 atom stereocenters. The van der Waals surface area contributed by atoms with Crippen LogP contribution in [0.2, 0.25) is 0 Å². The average Bonchev–Trinajstić information content (AvgIpc) is 1.83. The van der Waals surface area contributed by atoms with E-state index in [0.717, 1.165) is 14.0 Å². The van der Waals surface area contributed by atoms with E-state index in [2.05, 4.69) is 4.74 Å². The first-order chi connectivity index (χ1) is 4.90. The first-order valence-electron chi connectivity index (χ1n) is 2.92. The van der Waals surface area contributed by atoms with E-state index in [1.807, 2.05) is 0 Å². The summed E-state index contributed by atoms with van der Waals surface area (Å²) in [5, 5.41) is 17.3. The van der Waals surface area contributed by atoms with Gasteiger partial charge < -0.3 is 14.9 Å². The van der Waals surface area contributed by atoms with Crippen molar-refractivity contribution in [2.75, 3.05) is 7.11 Å². The Labute approximate surface area is 63.6 Å². The second kappa shape index (κ2) is 3.34. The number of hydrogen-bond acceptors (Lipinski definition) is 4. The normalized spacial score (nSPS) is 15.2. The van der Waals surface area contributed by atoms with Gasteiger partial charge in [-0.25, -0.2) is 4.79 Å². The van der Waals surface area contributed by atoms with Crippen LogP contribution in [0.15, 0.2) is 0 Å². The highest BCUT2D eigenvalue weighted by molar-refractivity contribution is 5.84. The molecule has 64 valence electrons. The van der Waals surface area contributed by atoms with Crippen molar-refractivity contribution in [2.24, 2.45) is 0 Å². The van der Waals surface area contributed by atoms with Gasteiger partial charge in [0.25, 0.3) is 0 Å². The molecule has 0 aliphatic heterocycles. The van der Waals surface area contributed by atoms with Crippen molar-refractivity contribution in [3.63, 3.8) is 0 Å². The third-order valence-electron chi connectivity index (χ3n) is 1.12. The lowest BCUT2D eigenvalue weighted by atomic mass is 10.0. The van der Waals surface area contributed by atoms with Gasteiger partial charge in [-0.15, -0.1) is 0 Å². The van der Waals surface area contributed by atoms with Crippen LogP contribution in [0.5, 0.6) is 0 Å². The molecule has 2 N–H and O–H groups in total. The maximum Gasteiger partial charge on any atom is 0.338 e. The predicted molar refractivity (Wildman–Crippen MR) is 34.9 cm³/mol. The highest BCUT2D eigenvalue weighted by atomic mass is 16.5. The van der Waals surface area contributed by atoms with Gasteiger partial charge in [0, 0.05) is 0 Å². The van der Waals surface area contributed by atoms with Crippen molar-refractivity contribution in [1.29, 1.82) is 0 Å². The topological polar surface area (TPSA) is 83.8 Å². The fraction of sp³-hybridized carbons (Fsp3) is 0.667. The molecule has 0 aromatic carbocycles. The van der Waals surface area contributed by atoms with E-state index in [1.54, 1.807) is 0 Å². The van der Waals surface area contributed by atoms with Gasteiger partial charge in [0.05, 0.1) is 13.5 Å². The van der Waals surface area contributed by atoms with Crippen LogP contribution in [0.3, 0.4) is 0 Å². The number of ether oxygens (including phenoxy) is 1. The molecule has 0 aromatic rings. The second-order valence-corrected chi connectivity index (χ2v) is 2.34. The lowest BCUT2D eigenvalue weighted by molar-refractivity contribution is -0.166. The molecule has 0 saturated heterocycles. The zero-order valence-corrected chi connectivity index (χ0v) is 6.33. The minimum Gasteiger partial charge on any atom is -0.481 e. The Bertz CT molecular complexity index is 172. The maximum atomic E-state index is 10.6. The zero-order valence-electron chi connectivity index (χ0n) is 6.33. The van der Waals surface area contributed by atoms with Crippen LogP contribution in [0.4, 0.5) is 0 Å². The van der Waals surface area contributed by atoms with Crippen LogP contribution in [-0.2, 0) is 14.3 Å². The molecule has 5 heteroatoms. The molecule has 5 nitrogen and oxygen atoms in total. The summed E-state index contributed by atoms with van der Waals surface area (Å²) >= 11 is 0. The van der Waals surface area contributed by atoms with E-state index in [0.29, 0.717) is 0 Å². The van der Waals surface area contributed by atoms with E-state index in [-0.39, 0.29) is 0 Å². The molecule has 0 aliphatic carbocycles. The van der Waals surface area contributed by atoms with Crippen molar-refractivity contribution in [2.45, 2.75) is 18.9 Å². The highest BCUT2D eigenvalue weighted by Gasteiger charge is 2.33. The van der Waals surface area contributed by atoms with Gasteiger partial charge in [-0.3, -0.25) is 4.79 Å². The number of esters is 1. The number of aliphatic hydroxyl groups is 1. The summed E-state index contributed by atoms with van der Waals surface area (Å²) in [6.07, 6.45) is -0.653. The van der Waals surface area contributed by atoms with Crippen LogP contribution in [-0.4, -0.2) is 34.9 Å². The Morgan fingerprint density at radius 1 is 1.55 bits per heavy atom. The van der Waals surface area contributed by atoms with Gasteiger partial charge >= 0.3 is 11.9 Å². The van der Waals surface area contributed by atoms with Crippen LogP contribution in [0.25, 0.3) is 0 Å². The minimum absolute atomic E-state index is 0.653. The summed E-state index contributed by atoms with van der Waals surface area (Å²) in [7, 11) is 1.08. The number of aliphatic carboxylic acids is 1. The van der Waals surface area contributed by atoms with Crippen LogP contribution < -0.4 is 0 Å². The maximum absolute atomic E-state index is 10.6. The van der Waals surface area contributed by atoms with E-state index in [9.17, 15) is 9.59 Å². The molecule has 0 rings (SSSR count). The summed E-state index contributed by atoms with van der Waals surface area (Å²) in [4.78, 5) is 20.7. The molecule has 0 aromatic heterocycles. The Morgan fingerprint density at radius 2 is 2.00 bits per heavy atom. The molecular weight excluding hydrogens is 152 g/mol. The molecule has 11 heavy (non-hydrogen) atoms. The number of hydrogen-bond donors (Lipinski definition) is 2. The van der Waals surface area contributed by atoms with E-state index in [1.165, 1.54) is 0 Å². The van der Waals surface area contributed by atoms with Crippen LogP contribution in [0, 0.1) is 0 Å². The molecule has 0 radical (unpaired) electrons. The summed E-state index contributed by atoms with van der Waals surface area (Å²) in [5.41, 5.74) is -1.93. The molecule has 0 spiro atoms. The zero-order chi connectivity index (χ0) is 9.07. The molecule has 0 amide bonds. The van der Waals surface area contributed by atoms with Gasteiger partial charge in [-0.05, 0) is 6.92 Å². The first kappa shape index (κ1) is 9.90. The Kier molecular flexibility index (Phi) is 3.00. The quantitative estimate of drug-likeness (QED) is 0.540.